The summed E-state index contributed by atoms with van der Waals surface area (Å²) in [5.74, 6) is 3.20. The van der Waals surface area contributed by atoms with E-state index < -0.39 is 0 Å². The van der Waals surface area contributed by atoms with Crippen LogP contribution in [0.3, 0.4) is 0 Å². The van der Waals surface area contributed by atoms with Crippen molar-refractivity contribution in [1.29, 1.82) is 0 Å². The summed E-state index contributed by atoms with van der Waals surface area (Å²) in [4.78, 5) is 0. The van der Waals surface area contributed by atoms with Crippen LogP contribution >= 0.6 is 0 Å². The Morgan fingerprint density at radius 3 is 3.24 bits per heavy atom. The van der Waals surface area contributed by atoms with Crippen LogP contribution in [0.1, 0.15) is 29.2 Å². The van der Waals surface area contributed by atoms with Gasteiger partial charge in [-0.25, -0.2) is 0 Å². The minimum Gasteiger partial charge on any atom is -0.493 e. The van der Waals surface area contributed by atoms with Gasteiger partial charge in [-0.1, -0.05) is 12.1 Å². The van der Waals surface area contributed by atoms with Gasteiger partial charge in [0.2, 0.25) is 0 Å². The van der Waals surface area contributed by atoms with Crippen LogP contribution in [0.5, 0.6) is 5.75 Å². The van der Waals surface area contributed by atoms with E-state index in [1.54, 1.807) is 0 Å². The number of hydrogen-bond acceptors (Lipinski definition) is 4. The fraction of sp³-hybridized carbons (Fsp3) is 0.500. The Bertz CT molecular complexity index is 664. The first-order chi connectivity index (χ1) is 10.3. The highest BCUT2D eigenvalue weighted by Gasteiger charge is 2.21. The molecule has 0 amide bonds. The maximum Gasteiger partial charge on any atom is 0.133 e. The van der Waals surface area contributed by atoms with Crippen molar-refractivity contribution in [3.63, 3.8) is 0 Å². The molecule has 0 saturated carbocycles. The van der Waals surface area contributed by atoms with Gasteiger partial charge in [0.25, 0.3) is 0 Å². The summed E-state index contributed by atoms with van der Waals surface area (Å²) in [5.41, 5.74) is 2.68. The first kappa shape index (κ1) is 12.8. The topological polar surface area (TPSA) is 52.0 Å². The predicted molar refractivity (Wildman–Crippen MR) is 79.3 cm³/mol. The lowest BCUT2D eigenvalue weighted by molar-refractivity contribution is 0.356. The number of ether oxygens (including phenoxy) is 1. The second-order valence-electron chi connectivity index (χ2n) is 5.93. The van der Waals surface area contributed by atoms with Gasteiger partial charge in [0.05, 0.1) is 6.61 Å². The van der Waals surface area contributed by atoms with Gasteiger partial charge in [0, 0.05) is 32.0 Å². The molecule has 0 saturated heterocycles. The van der Waals surface area contributed by atoms with Crippen molar-refractivity contribution in [2.24, 2.45) is 0 Å². The molecule has 1 aromatic heterocycles. The molecule has 4 rings (SSSR count). The van der Waals surface area contributed by atoms with E-state index in [-0.39, 0.29) is 0 Å². The lowest BCUT2D eigenvalue weighted by Gasteiger charge is -2.25. The summed E-state index contributed by atoms with van der Waals surface area (Å²) < 4.78 is 7.79. The SMILES string of the molecule is Cc1nnc2n1C[C@@H](NCc1ccc3c(c1)CCO3)CC2. The van der Waals surface area contributed by atoms with Crippen LogP contribution in [-0.4, -0.2) is 27.4 Å². The van der Waals surface area contributed by atoms with E-state index in [9.17, 15) is 0 Å². The summed E-state index contributed by atoms with van der Waals surface area (Å²) in [6, 6.07) is 7.03. The summed E-state index contributed by atoms with van der Waals surface area (Å²) in [7, 11) is 0. The van der Waals surface area contributed by atoms with Crippen molar-refractivity contribution in [2.45, 2.75) is 45.3 Å². The number of aryl methyl sites for hydroxylation is 2. The second kappa shape index (κ2) is 5.15. The van der Waals surface area contributed by atoms with E-state index in [2.05, 4.69) is 38.3 Å². The van der Waals surface area contributed by atoms with E-state index in [4.69, 9.17) is 4.74 Å². The minimum atomic E-state index is 0.497. The lowest BCUT2D eigenvalue weighted by Crippen LogP contribution is -2.37. The van der Waals surface area contributed by atoms with E-state index in [1.807, 2.05) is 6.92 Å². The standard InChI is InChI=1S/C16H20N4O/c1-11-18-19-16-5-3-14(10-20(11)16)17-9-12-2-4-15-13(8-12)6-7-21-15/h2,4,8,14,17H,3,5-7,9-10H2,1H3/t14-/m0/s1. The highest BCUT2D eigenvalue weighted by molar-refractivity contribution is 5.39. The number of benzene rings is 1. The Kier molecular flexibility index (Phi) is 3.15. The molecule has 1 atom stereocenters. The smallest absolute Gasteiger partial charge is 0.133 e. The normalized spacial score (nSPS) is 20.0. The monoisotopic (exact) mass is 284 g/mol. The Morgan fingerprint density at radius 2 is 2.29 bits per heavy atom. The van der Waals surface area contributed by atoms with Crippen LogP contribution in [-0.2, 0) is 25.9 Å². The first-order valence-electron chi connectivity index (χ1n) is 7.66. The Balaban J connectivity index is 1.40. The number of hydrogen-bond donors (Lipinski definition) is 1. The molecule has 2 aromatic rings. The van der Waals surface area contributed by atoms with E-state index >= 15 is 0 Å². The van der Waals surface area contributed by atoms with E-state index in [0.717, 1.165) is 56.4 Å². The molecule has 1 aromatic carbocycles. The number of rotatable bonds is 3. The molecule has 5 nitrogen and oxygen atoms in total. The highest BCUT2D eigenvalue weighted by Crippen LogP contribution is 2.26. The number of nitrogens with zero attached hydrogens (tertiary/aromatic N) is 3. The Hall–Kier alpha value is -1.88. The van der Waals surface area contributed by atoms with Crippen molar-refractivity contribution in [3.8, 4) is 5.75 Å². The molecular weight excluding hydrogens is 264 g/mol. The molecule has 5 heteroatoms. The lowest BCUT2D eigenvalue weighted by atomic mass is 10.1. The van der Waals surface area contributed by atoms with Crippen LogP contribution < -0.4 is 10.1 Å². The van der Waals surface area contributed by atoms with Crippen molar-refractivity contribution in [3.05, 3.63) is 41.0 Å². The van der Waals surface area contributed by atoms with Gasteiger partial charge in [-0.15, -0.1) is 10.2 Å². The van der Waals surface area contributed by atoms with Gasteiger partial charge in [-0.05, 0) is 30.5 Å². The molecule has 2 aliphatic rings. The molecule has 1 N–H and O–H groups in total. The van der Waals surface area contributed by atoms with Crippen molar-refractivity contribution in [1.82, 2.24) is 20.1 Å². The average molecular weight is 284 g/mol. The maximum absolute atomic E-state index is 5.55. The molecule has 2 aliphatic heterocycles. The maximum atomic E-state index is 5.55. The Labute approximate surface area is 124 Å². The molecule has 0 aliphatic carbocycles. The quantitative estimate of drug-likeness (QED) is 0.930. The zero-order chi connectivity index (χ0) is 14.2. The van der Waals surface area contributed by atoms with Crippen molar-refractivity contribution < 1.29 is 4.74 Å². The summed E-state index contributed by atoms with van der Waals surface area (Å²) in [6.45, 7) is 4.74. The average Bonchev–Trinajstić information content (AvgIpc) is 3.11. The van der Waals surface area contributed by atoms with Gasteiger partial charge in [0.15, 0.2) is 0 Å². The number of fused-ring (bicyclic) bond motifs is 2. The fourth-order valence-corrected chi connectivity index (χ4v) is 3.24. The zero-order valence-corrected chi connectivity index (χ0v) is 12.3. The summed E-state index contributed by atoms with van der Waals surface area (Å²) in [5, 5.41) is 12.1. The molecule has 0 bridgehead atoms. The van der Waals surface area contributed by atoms with Crippen LogP contribution in [0, 0.1) is 6.92 Å². The first-order valence-corrected chi connectivity index (χ1v) is 7.66. The van der Waals surface area contributed by atoms with Crippen molar-refractivity contribution in [2.75, 3.05) is 6.61 Å². The van der Waals surface area contributed by atoms with Gasteiger partial charge in [0.1, 0.15) is 17.4 Å². The zero-order valence-electron chi connectivity index (χ0n) is 12.3. The largest absolute Gasteiger partial charge is 0.493 e. The molecule has 3 heterocycles. The third kappa shape index (κ3) is 2.42. The molecular formula is C16H20N4O. The molecule has 0 radical (unpaired) electrons. The minimum absolute atomic E-state index is 0.497. The molecule has 21 heavy (non-hydrogen) atoms. The summed E-state index contributed by atoms with van der Waals surface area (Å²) >= 11 is 0. The van der Waals surface area contributed by atoms with Crippen LogP contribution in [0.25, 0.3) is 0 Å². The third-order valence-corrected chi connectivity index (χ3v) is 4.48. The predicted octanol–water partition coefficient (Wildman–Crippen LogP) is 1.63. The molecule has 0 spiro atoms. The molecule has 0 unspecified atom stereocenters. The number of aromatic nitrogens is 3. The number of nitrogens with one attached hydrogen (secondary N) is 1. The van der Waals surface area contributed by atoms with Gasteiger partial charge >= 0.3 is 0 Å². The van der Waals surface area contributed by atoms with Crippen LogP contribution in [0.2, 0.25) is 0 Å². The van der Waals surface area contributed by atoms with Crippen LogP contribution in [0.4, 0.5) is 0 Å². The third-order valence-electron chi connectivity index (χ3n) is 4.48. The fourth-order valence-electron chi connectivity index (χ4n) is 3.24. The molecule has 0 fully saturated rings. The van der Waals surface area contributed by atoms with E-state index in [1.165, 1.54) is 11.1 Å². The van der Waals surface area contributed by atoms with E-state index in [0.29, 0.717) is 6.04 Å². The van der Waals surface area contributed by atoms with Gasteiger partial charge < -0.3 is 14.6 Å². The van der Waals surface area contributed by atoms with Gasteiger partial charge in [-0.3, -0.25) is 0 Å². The highest BCUT2D eigenvalue weighted by atomic mass is 16.5. The summed E-state index contributed by atoms with van der Waals surface area (Å²) in [6.07, 6.45) is 3.18. The van der Waals surface area contributed by atoms with Gasteiger partial charge in [-0.2, -0.15) is 0 Å². The molecule has 110 valence electrons. The second-order valence-corrected chi connectivity index (χ2v) is 5.93. The van der Waals surface area contributed by atoms with Crippen LogP contribution in [0.15, 0.2) is 18.2 Å². The Morgan fingerprint density at radius 1 is 1.33 bits per heavy atom. The van der Waals surface area contributed by atoms with Crippen molar-refractivity contribution >= 4 is 0 Å².